The van der Waals surface area contributed by atoms with Gasteiger partial charge in [-0.3, -0.25) is 14.8 Å². The molecule has 0 spiro atoms. The first-order valence-corrected chi connectivity index (χ1v) is 10.8. The van der Waals surface area contributed by atoms with Gasteiger partial charge in [-0.2, -0.15) is 0 Å². The first-order chi connectivity index (χ1) is 16.0. The fourth-order valence-electron chi connectivity index (χ4n) is 3.84. The topological polar surface area (TPSA) is 88.1 Å². The highest BCUT2D eigenvalue weighted by Gasteiger charge is 2.18. The van der Waals surface area contributed by atoms with E-state index >= 15 is 0 Å². The van der Waals surface area contributed by atoms with E-state index in [4.69, 9.17) is 4.74 Å². The average molecular weight is 440 g/mol. The van der Waals surface area contributed by atoms with E-state index in [0.29, 0.717) is 12.2 Å². The number of carboxylic acid groups (broad SMARTS) is 1. The third-order valence-corrected chi connectivity index (χ3v) is 5.41. The Morgan fingerprint density at radius 1 is 1.12 bits per heavy atom. The zero-order valence-corrected chi connectivity index (χ0v) is 18.6. The number of carboxylic acids is 1. The first kappa shape index (κ1) is 22.1. The zero-order valence-electron chi connectivity index (χ0n) is 18.6. The predicted molar refractivity (Wildman–Crippen MR) is 127 cm³/mol. The minimum Gasteiger partial charge on any atom is -0.485 e. The van der Waals surface area contributed by atoms with Crippen LogP contribution in [0.2, 0.25) is 0 Å². The highest BCUT2D eigenvalue weighted by Crippen LogP contribution is 2.29. The highest BCUT2D eigenvalue weighted by atomic mass is 16.5. The van der Waals surface area contributed by atoms with E-state index in [0.717, 1.165) is 33.4 Å². The minimum atomic E-state index is -0.873. The molecule has 0 aliphatic carbocycles. The van der Waals surface area contributed by atoms with Crippen LogP contribution in [0.15, 0.2) is 67.1 Å². The lowest BCUT2D eigenvalue weighted by molar-refractivity contribution is -0.137. The van der Waals surface area contributed by atoms with Gasteiger partial charge in [-0.25, -0.2) is 0 Å². The molecule has 4 rings (SSSR count). The average Bonchev–Trinajstić information content (AvgIpc) is 3.27. The summed E-state index contributed by atoms with van der Waals surface area (Å²) in [5.41, 5.74) is 4.63. The molecular formula is C27H25N3O3. The van der Waals surface area contributed by atoms with Gasteiger partial charge >= 0.3 is 5.97 Å². The maximum atomic E-state index is 11.2. The lowest BCUT2D eigenvalue weighted by Gasteiger charge is -2.20. The maximum Gasteiger partial charge on any atom is 0.304 e. The Balaban J connectivity index is 1.61. The van der Waals surface area contributed by atoms with E-state index in [1.165, 1.54) is 0 Å². The van der Waals surface area contributed by atoms with Crippen LogP contribution in [-0.2, 0) is 11.2 Å². The normalized spacial score (nSPS) is 12.5. The molecule has 0 aliphatic rings. The Labute approximate surface area is 192 Å². The van der Waals surface area contributed by atoms with Crippen molar-refractivity contribution in [2.45, 2.75) is 38.7 Å². The summed E-state index contributed by atoms with van der Waals surface area (Å²) < 4.78 is 6.41. The quantitative estimate of drug-likeness (QED) is 0.368. The van der Waals surface area contributed by atoms with E-state index < -0.39 is 5.97 Å². The van der Waals surface area contributed by atoms with Gasteiger partial charge < -0.3 is 14.8 Å². The van der Waals surface area contributed by atoms with E-state index in [-0.39, 0.29) is 18.4 Å². The summed E-state index contributed by atoms with van der Waals surface area (Å²) in [4.78, 5) is 23.3. The molecule has 2 atom stereocenters. The Hall–Kier alpha value is -4.11. The summed E-state index contributed by atoms with van der Waals surface area (Å²) in [5.74, 6) is 5.27. The standard InChI is InChI=1S/C27H25N3O3/c1-3-4-21(14-27(31)32)19-7-9-24(10-8-19)33-26(15-23-17-28-16-18(2)30-23)22-6-5-20-11-12-29-25(20)13-22/h5-13,16-17,21,26,29H,14-15H2,1-2H3,(H,31,32)/t21-,26-/m0/s1. The van der Waals surface area contributed by atoms with Crippen molar-refractivity contribution in [1.82, 2.24) is 15.0 Å². The van der Waals surface area contributed by atoms with Crippen LogP contribution in [0.4, 0.5) is 0 Å². The van der Waals surface area contributed by atoms with Gasteiger partial charge in [0.15, 0.2) is 0 Å². The molecule has 0 saturated heterocycles. The van der Waals surface area contributed by atoms with Crippen molar-refractivity contribution >= 4 is 16.9 Å². The number of carbonyl (C=O) groups is 1. The van der Waals surface area contributed by atoms with Gasteiger partial charge in [-0.1, -0.05) is 30.2 Å². The van der Waals surface area contributed by atoms with Crippen molar-refractivity contribution in [2.24, 2.45) is 0 Å². The molecule has 2 aromatic carbocycles. The predicted octanol–water partition coefficient (Wildman–Crippen LogP) is 5.21. The summed E-state index contributed by atoms with van der Waals surface area (Å²) in [6.07, 6.45) is 5.67. The smallest absolute Gasteiger partial charge is 0.304 e. The molecule has 6 nitrogen and oxygen atoms in total. The molecule has 4 aromatic rings. The van der Waals surface area contributed by atoms with Gasteiger partial charge in [0.05, 0.1) is 23.7 Å². The summed E-state index contributed by atoms with van der Waals surface area (Å²) in [7, 11) is 0. The number of nitrogens with one attached hydrogen (secondary N) is 1. The van der Waals surface area contributed by atoms with Crippen molar-refractivity contribution < 1.29 is 14.6 Å². The summed E-state index contributed by atoms with van der Waals surface area (Å²) in [5, 5.41) is 10.3. The van der Waals surface area contributed by atoms with Gasteiger partial charge in [0.1, 0.15) is 11.9 Å². The van der Waals surface area contributed by atoms with Crippen LogP contribution in [0, 0.1) is 18.8 Å². The molecule has 6 heteroatoms. The van der Waals surface area contributed by atoms with E-state index in [1.807, 2.05) is 43.5 Å². The Morgan fingerprint density at radius 2 is 1.91 bits per heavy atom. The number of ether oxygens (including phenoxy) is 1. The van der Waals surface area contributed by atoms with Crippen LogP contribution < -0.4 is 4.74 Å². The van der Waals surface area contributed by atoms with Gasteiger partial charge in [0, 0.05) is 30.5 Å². The van der Waals surface area contributed by atoms with Crippen molar-refractivity contribution in [2.75, 3.05) is 0 Å². The second-order valence-electron chi connectivity index (χ2n) is 7.90. The molecule has 0 aliphatic heterocycles. The first-order valence-electron chi connectivity index (χ1n) is 10.8. The van der Waals surface area contributed by atoms with E-state index in [2.05, 4.69) is 45.0 Å². The van der Waals surface area contributed by atoms with Crippen molar-refractivity contribution in [3.05, 3.63) is 89.6 Å². The van der Waals surface area contributed by atoms with Crippen molar-refractivity contribution in [3.63, 3.8) is 0 Å². The lowest BCUT2D eigenvalue weighted by Crippen LogP contribution is -2.12. The lowest BCUT2D eigenvalue weighted by atomic mass is 9.96. The number of nitrogens with zero attached hydrogens (tertiary/aromatic N) is 2. The number of benzene rings is 2. The number of fused-ring (bicyclic) bond motifs is 1. The van der Waals surface area contributed by atoms with Gasteiger partial charge in [-0.05, 0) is 54.6 Å². The fraction of sp³-hybridized carbons (Fsp3) is 0.222. The summed E-state index contributed by atoms with van der Waals surface area (Å²) in [6.45, 7) is 3.63. The highest BCUT2D eigenvalue weighted by molar-refractivity contribution is 5.80. The molecule has 0 saturated carbocycles. The number of rotatable bonds is 8. The molecule has 0 amide bonds. The number of aromatic amines is 1. The molecule has 0 unspecified atom stereocenters. The second-order valence-corrected chi connectivity index (χ2v) is 7.90. The van der Waals surface area contributed by atoms with Crippen LogP contribution in [0.3, 0.4) is 0 Å². The SMILES string of the molecule is CC#C[C@@H](CC(=O)O)c1ccc(O[C@@H](Cc2cncc(C)n2)c2ccc3cc[nH]c3c2)cc1. The zero-order chi connectivity index (χ0) is 23.2. The van der Waals surface area contributed by atoms with Gasteiger partial charge in [0.2, 0.25) is 0 Å². The van der Waals surface area contributed by atoms with Gasteiger partial charge in [0.25, 0.3) is 0 Å². The monoisotopic (exact) mass is 439 g/mol. The Bertz CT molecular complexity index is 1320. The van der Waals surface area contributed by atoms with E-state index in [9.17, 15) is 9.90 Å². The third-order valence-electron chi connectivity index (χ3n) is 5.41. The van der Waals surface area contributed by atoms with Crippen LogP contribution in [0.1, 0.15) is 47.9 Å². The largest absolute Gasteiger partial charge is 0.485 e. The van der Waals surface area contributed by atoms with Crippen LogP contribution >= 0.6 is 0 Å². The minimum absolute atomic E-state index is 0.0359. The molecule has 166 valence electrons. The number of aromatic nitrogens is 3. The second kappa shape index (κ2) is 10.0. The Morgan fingerprint density at radius 3 is 2.64 bits per heavy atom. The van der Waals surface area contributed by atoms with Crippen molar-refractivity contribution in [3.8, 4) is 17.6 Å². The molecule has 2 heterocycles. The molecule has 0 bridgehead atoms. The van der Waals surface area contributed by atoms with Crippen LogP contribution in [0.25, 0.3) is 10.9 Å². The molecule has 0 fully saturated rings. The fourth-order valence-corrected chi connectivity index (χ4v) is 3.84. The molecule has 33 heavy (non-hydrogen) atoms. The van der Waals surface area contributed by atoms with Gasteiger partial charge in [-0.15, -0.1) is 5.92 Å². The van der Waals surface area contributed by atoms with Crippen LogP contribution in [-0.4, -0.2) is 26.0 Å². The van der Waals surface area contributed by atoms with E-state index in [1.54, 1.807) is 19.3 Å². The molecule has 0 radical (unpaired) electrons. The van der Waals surface area contributed by atoms with Crippen molar-refractivity contribution in [1.29, 1.82) is 0 Å². The molecule has 2 N–H and O–H groups in total. The van der Waals surface area contributed by atoms with Crippen LogP contribution in [0.5, 0.6) is 5.75 Å². The summed E-state index contributed by atoms with van der Waals surface area (Å²) in [6, 6.07) is 15.8. The molecular weight excluding hydrogens is 414 g/mol. The number of aliphatic carboxylic acids is 1. The number of aryl methyl sites for hydroxylation is 1. The number of hydrogen-bond acceptors (Lipinski definition) is 4. The summed E-state index contributed by atoms with van der Waals surface area (Å²) >= 11 is 0. The Kier molecular flexibility index (Phi) is 6.70. The third kappa shape index (κ3) is 5.58. The number of hydrogen-bond donors (Lipinski definition) is 2. The molecule has 2 aromatic heterocycles. The maximum absolute atomic E-state index is 11.2. The number of H-pyrrole nitrogens is 1.